The zero-order valence-corrected chi connectivity index (χ0v) is 11.9. The number of aromatic nitrogens is 2. The maximum atomic E-state index is 12.3. The number of nitrogens with one attached hydrogen (secondary N) is 1. The van der Waals surface area contributed by atoms with E-state index in [0.29, 0.717) is 17.4 Å². The summed E-state index contributed by atoms with van der Waals surface area (Å²) in [4.78, 5) is 28.0. The Kier molecular flexibility index (Phi) is 4.14. The SMILES string of the molecule is CN(C)CCN(C)C(=O)c1n[nH]c2ccccc2c1=O. The van der Waals surface area contributed by atoms with Crippen LogP contribution in [-0.2, 0) is 0 Å². The first-order valence-electron chi connectivity index (χ1n) is 6.38. The van der Waals surface area contributed by atoms with Crippen molar-refractivity contribution >= 4 is 16.8 Å². The lowest BCUT2D eigenvalue weighted by molar-refractivity contribution is 0.0778. The highest BCUT2D eigenvalue weighted by atomic mass is 16.2. The minimum Gasteiger partial charge on any atom is -0.339 e. The fourth-order valence-electron chi connectivity index (χ4n) is 1.85. The number of nitrogens with zero attached hydrogens (tertiary/aromatic N) is 3. The van der Waals surface area contributed by atoms with Crippen LogP contribution in [0.1, 0.15) is 10.5 Å². The summed E-state index contributed by atoms with van der Waals surface area (Å²) >= 11 is 0. The number of hydrogen-bond donors (Lipinski definition) is 1. The van der Waals surface area contributed by atoms with Crippen molar-refractivity contribution in [2.24, 2.45) is 0 Å². The Labute approximate surface area is 117 Å². The molecular weight excluding hydrogens is 256 g/mol. The van der Waals surface area contributed by atoms with E-state index in [1.165, 1.54) is 4.90 Å². The smallest absolute Gasteiger partial charge is 0.278 e. The van der Waals surface area contributed by atoms with E-state index >= 15 is 0 Å². The van der Waals surface area contributed by atoms with Crippen molar-refractivity contribution in [1.82, 2.24) is 20.0 Å². The van der Waals surface area contributed by atoms with Gasteiger partial charge in [0.2, 0.25) is 5.43 Å². The number of para-hydroxylation sites is 1. The molecule has 1 N–H and O–H groups in total. The molecule has 6 heteroatoms. The first-order valence-corrected chi connectivity index (χ1v) is 6.38. The zero-order valence-electron chi connectivity index (χ0n) is 11.9. The Balaban J connectivity index is 2.31. The van der Waals surface area contributed by atoms with E-state index in [2.05, 4.69) is 10.2 Å². The standard InChI is InChI=1S/C14H18N4O2/c1-17(2)8-9-18(3)14(20)12-13(19)10-6-4-5-7-11(10)15-16-12/h4-7H,8-9H2,1-3H3,(H,15,19). The van der Waals surface area contributed by atoms with E-state index in [4.69, 9.17) is 0 Å². The summed E-state index contributed by atoms with van der Waals surface area (Å²) in [5.74, 6) is -0.362. The summed E-state index contributed by atoms with van der Waals surface area (Å²) in [6.45, 7) is 1.27. The van der Waals surface area contributed by atoms with E-state index in [9.17, 15) is 9.59 Å². The molecule has 2 rings (SSSR count). The van der Waals surface area contributed by atoms with Crippen molar-refractivity contribution in [1.29, 1.82) is 0 Å². The maximum Gasteiger partial charge on any atom is 0.278 e. The minimum atomic E-state index is -0.362. The fourth-order valence-corrected chi connectivity index (χ4v) is 1.85. The summed E-state index contributed by atoms with van der Waals surface area (Å²) < 4.78 is 0. The Bertz CT molecular complexity index is 678. The van der Waals surface area contributed by atoms with Gasteiger partial charge in [-0.1, -0.05) is 12.1 Å². The molecule has 0 spiro atoms. The van der Waals surface area contributed by atoms with Crippen LogP contribution in [0.2, 0.25) is 0 Å². The summed E-state index contributed by atoms with van der Waals surface area (Å²) in [7, 11) is 5.53. The normalized spacial score (nSPS) is 11.0. The molecule has 0 aliphatic heterocycles. The lowest BCUT2D eigenvalue weighted by Crippen LogP contribution is -2.36. The molecule has 0 atom stereocenters. The number of benzene rings is 1. The second-order valence-corrected chi connectivity index (χ2v) is 4.98. The van der Waals surface area contributed by atoms with Crippen LogP contribution >= 0.6 is 0 Å². The van der Waals surface area contributed by atoms with Crippen molar-refractivity contribution < 1.29 is 4.79 Å². The van der Waals surface area contributed by atoms with E-state index in [1.54, 1.807) is 25.2 Å². The van der Waals surface area contributed by atoms with Crippen LogP contribution in [0, 0.1) is 0 Å². The topological polar surface area (TPSA) is 69.3 Å². The van der Waals surface area contributed by atoms with Gasteiger partial charge in [-0.05, 0) is 26.2 Å². The molecule has 1 amide bonds. The third kappa shape index (κ3) is 2.85. The first-order chi connectivity index (χ1) is 9.50. The van der Waals surface area contributed by atoms with Gasteiger partial charge in [0.05, 0.1) is 5.52 Å². The molecule has 1 aromatic heterocycles. The number of hydrogen-bond acceptors (Lipinski definition) is 4. The highest BCUT2D eigenvalue weighted by molar-refractivity contribution is 5.95. The van der Waals surface area contributed by atoms with Gasteiger partial charge in [0.1, 0.15) is 0 Å². The van der Waals surface area contributed by atoms with Crippen molar-refractivity contribution in [2.75, 3.05) is 34.2 Å². The molecule has 0 radical (unpaired) electrons. The second-order valence-electron chi connectivity index (χ2n) is 4.98. The monoisotopic (exact) mass is 274 g/mol. The molecule has 6 nitrogen and oxygen atoms in total. The number of H-pyrrole nitrogens is 1. The van der Waals surface area contributed by atoms with Gasteiger partial charge in [0, 0.05) is 25.5 Å². The van der Waals surface area contributed by atoms with Crippen LogP contribution in [-0.4, -0.2) is 60.1 Å². The number of amides is 1. The van der Waals surface area contributed by atoms with E-state index < -0.39 is 0 Å². The highest BCUT2D eigenvalue weighted by Gasteiger charge is 2.18. The summed E-state index contributed by atoms with van der Waals surface area (Å²) in [6, 6.07) is 7.02. The van der Waals surface area contributed by atoms with Gasteiger partial charge < -0.3 is 9.80 Å². The highest BCUT2D eigenvalue weighted by Crippen LogP contribution is 2.06. The van der Waals surface area contributed by atoms with Gasteiger partial charge in [-0.2, -0.15) is 5.10 Å². The molecule has 2 aromatic rings. The summed E-state index contributed by atoms with van der Waals surface area (Å²) in [5.41, 5.74) is 0.232. The van der Waals surface area contributed by atoms with Crippen molar-refractivity contribution in [3.05, 3.63) is 40.2 Å². The number of likely N-dealkylation sites (N-methyl/N-ethyl adjacent to an activating group) is 2. The third-order valence-corrected chi connectivity index (χ3v) is 3.11. The predicted molar refractivity (Wildman–Crippen MR) is 77.9 cm³/mol. The molecule has 1 heterocycles. The molecular formula is C14H18N4O2. The van der Waals surface area contributed by atoms with Gasteiger partial charge in [-0.15, -0.1) is 0 Å². The Morgan fingerprint density at radius 1 is 1.20 bits per heavy atom. The summed E-state index contributed by atoms with van der Waals surface area (Å²) in [5, 5.41) is 7.14. The lowest BCUT2D eigenvalue weighted by atomic mass is 10.2. The molecule has 0 saturated heterocycles. The molecule has 20 heavy (non-hydrogen) atoms. The van der Waals surface area contributed by atoms with E-state index in [0.717, 1.165) is 6.54 Å². The molecule has 0 aliphatic rings. The van der Waals surface area contributed by atoms with E-state index in [1.807, 2.05) is 25.1 Å². The first kappa shape index (κ1) is 14.2. The van der Waals surface area contributed by atoms with Crippen LogP contribution in [0.15, 0.2) is 29.1 Å². The quantitative estimate of drug-likeness (QED) is 0.884. The minimum absolute atomic E-state index is 0.0649. The Morgan fingerprint density at radius 3 is 2.60 bits per heavy atom. The van der Waals surface area contributed by atoms with Crippen molar-refractivity contribution in [2.45, 2.75) is 0 Å². The number of aromatic amines is 1. The fraction of sp³-hybridized carbons (Fsp3) is 0.357. The van der Waals surface area contributed by atoms with Crippen molar-refractivity contribution in [3.8, 4) is 0 Å². The number of rotatable bonds is 4. The molecule has 0 saturated carbocycles. The molecule has 0 aliphatic carbocycles. The van der Waals surface area contributed by atoms with Gasteiger partial charge >= 0.3 is 0 Å². The second kappa shape index (κ2) is 5.83. The van der Waals surface area contributed by atoms with Gasteiger partial charge in [0.25, 0.3) is 5.91 Å². The number of carbonyl (C=O) groups excluding carboxylic acids is 1. The predicted octanol–water partition coefficient (Wildman–Crippen LogP) is 0.557. The Morgan fingerprint density at radius 2 is 1.90 bits per heavy atom. The average Bonchev–Trinajstić information content (AvgIpc) is 2.44. The van der Waals surface area contributed by atoms with Gasteiger partial charge in [-0.25, -0.2) is 0 Å². The maximum absolute atomic E-state index is 12.3. The zero-order chi connectivity index (χ0) is 14.7. The van der Waals surface area contributed by atoms with E-state index in [-0.39, 0.29) is 17.0 Å². The largest absolute Gasteiger partial charge is 0.339 e. The lowest BCUT2D eigenvalue weighted by Gasteiger charge is -2.18. The number of fused-ring (bicyclic) bond motifs is 1. The molecule has 1 aromatic carbocycles. The van der Waals surface area contributed by atoms with Gasteiger partial charge in [-0.3, -0.25) is 14.7 Å². The van der Waals surface area contributed by atoms with Crippen molar-refractivity contribution in [3.63, 3.8) is 0 Å². The van der Waals surface area contributed by atoms with Crippen LogP contribution in [0.5, 0.6) is 0 Å². The van der Waals surface area contributed by atoms with Crippen LogP contribution in [0.3, 0.4) is 0 Å². The average molecular weight is 274 g/mol. The molecule has 0 unspecified atom stereocenters. The third-order valence-electron chi connectivity index (χ3n) is 3.11. The van der Waals surface area contributed by atoms with Crippen LogP contribution < -0.4 is 5.43 Å². The number of carbonyl (C=O) groups is 1. The van der Waals surface area contributed by atoms with Gasteiger partial charge in [0.15, 0.2) is 5.69 Å². The summed E-state index contributed by atoms with van der Waals surface area (Å²) in [6.07, 6.45) is 0. The van der Waals surface area contributed by atoms with Crippen LogP contribution in [0.25, 0.3) is 10.9 Å². The molecule has 106 valence electrons. The molecule has 0 bridgehead atoms. The van der Waals surface area contributed by atoms with Crippen LogP contribution in [0.4, 0.5) is 0 Å². The Hall–Kier alpha value is -2.21. The molecule has 0 fully saturated rings.